The van der Waals surface area contributed by atoms with Crippen molar-refractivity contribution < 1.29 is 18.7 Å². The summed E-state index contributed by atoms with van der Waals surface area (Å²) in [6.45, 7) is 0.891. The second-order valence-electron chi connectivity index (χ2n) is 5.17. The summed E-state index contributed by atoms with van der Waals surface area (Å²) in [5.74, 6) is -0.473. The van der Waals surface area contributed by atoms with Crippen LogP contribution in [0.4, 0.5) is 5.69 Å². The molecule has 0 radical (unpaired) electrons. The fraction of sp³-hybridized carbons (Fsp3) is 0.333. The second kappa shape index (κ2) is 5.12. The van der Waals surface area contributed by atoms with Gasteiger partial charge in [0.2, 0.25) is 0 Å². The smallest absolute Gasteiger partial charge is 0.310 e. The Balaban J connectivity index is 1.79. The predicted molar refractivity (Wildman–Crippen MR) is 76.7 cm³/mol. The Morgan fingerprint density at radius 1 is 1.38 bits per heavy atom. The van der Waals surface area contributed by atoms with Gasteiger partial charge < -0.3 is 19.8 Å². The molecule has 110 valence electrons. The van der Waals surface area contributed by atoms with Crippen LogP contribution in [0.25, 0.3) is 11.0 Å². The maximum atomic E-state index is 12.4. The largest absolute Gasteiger partial charge is 0.469 e. The number of nitrogen functional groups attached to an aromatic ring is 1. The van der Waals surface area contributed by atoms with E-state index in [9.17, 15) is 9.59 Å². The van der Waals surface area contributed by atoms with Crippen LogP contribution >= 0.6 is 0 Å². The van der Waals surface area contributed by atoms with Gasteiger partial charge in [0.1, 0.15) is 5.58 Å². The number of hydrogen-bond donors (Lipinski definition) is 1. The third kappa shape index (κ3) is 2.44. The third-order valence-corrected chi connectivity index (χ3v) is 3.76. The van der Waals surface area contributed by atoms with Gasteiger partial charge in [-0.15, -0.1) is 0 Å². The normalized spacial score (nSPS) is 18.1. The van der Waals surface area contributed by atoms with E-state index in [1.165, 1.54) is 7.11 Å². The van der Waals surface area contributed by atoms with E-state index >= 15 is 0 Å². The number of furan rings is 1. The first-order valence-corrected chi connectivity index (χ1v) is 6.74. The lowest BCUT2D eigenvalue weighted by Gasteiger charge is -2.14. The Morgan fingerprint density at radius 2 is 2.19 bits per heavy atom. The second-order valence-corrected chi connectivity index (χ2v) is 5.17. The highest BCUT2D eigenvalue weighted by Gasteiger charge is 2.33. The first-order valence-electron chi connectivity index (χ1n) is 6.74. The van der Waals surface area contributed by atoms with Crippen molar-refractivity contribution in [3.05, 3.63) is 30.0 Å². The first kappa shape index (κ1) is 13.5. The highest BCUT2D eigenvalue weighted by molar-refractivity contribution is 5.97. The van der Waals surface area contributed by atoms with Crippen molar-refractivity contribution in [1.82, 2.24) is 4.90 Å². The van der Waals surface area contributed by atoms with Crippen molar-refractivity contribution in [2.45, 2.75) is 6.42 Å². The molecule has 0 saturated carbocycles. The zero-order valence-corrected chi connectivity index (χ0v) is 11.7. The molecular weight excluding hydrogens is 272 g/mol. The summed E-state index contributed by atoms with van der Waals surface area (Å²) < 4.78 is 10.3. The number of likely N-dealkylation sites (tertiary alicyclic amines) is 1. The van der Waals surface area contributed by atoms with Crippen LogP contribution in [0, 0.1) is 5.92 Å². The van der Waals surface area contributed by atoms with Crippen molar-refractivity contribution in [1.29, 1.82) is 0 Å². The standard InChI is InChI=1S/C15H16N2O4/c1-20-15(19)9-4-5-17(8-9)14(18)13-7-10-6-11(16)2-3-12(10)21-13/h2-3,6-7,9H,4-5,8,16H2,1H3. The molecule has 1 aromatic heterocycles. The van der Waals surface area contributed by atoms with E-state index in [-0.39, 0.29) is 23.6 Å². The van der Waals surface area contributed by atoms with Crippen molar-refractivity contribution >= 4 is 28.5 Å². The minimum atomic E-state index is -0.275. The van der Waals surface area contributed by atoms with Gasteiger partial charge in [0.05, 0.1) is 13.0 Å². The zero-order chi connectivity index (χ0) is 15.0. The van der Waals surface area contributed by atoms with Gasteiger partial charge >= 0.3 is 5.97 Å². The molecule has 1 aliphatic rings. The maximum Gasteiger partial charge on any atom is 0.310 e. The zero-order valence-electron chi connectivity index (χ0n) is 11.7. The molecule has 3 rings (SSSR count). The molecule has 1 fully saturated rings. The molecule has 2 aromatic rings. The lowest BCUT2D eigenvalue weighted by atomic mass is 10.1. The first-order chi connectivity index (χ1) is 10.1. The lowest BCUT2D eigenvalue weighted by Crippen LogP contribution is -2.29. The number of carbonyl (C=O) groups is 2. The summed E-state index contributed by atoms with van der Waals surface area (Å²) >= 11 is 0. The fourth-order valence-electron chi connectivity index (χ4n) is 2.63. The van der Waals surface area contributed by atoms with E-state index in [4.69, 9.17) is 14.9 Å². The predicted octanol–water partition coefficient (Wildman–Crippen LogP) is 1.65. The minimum absolute atomic E-state index is 0.212. The number of esters is 1. The molecule has 1 atom stereocenters. The number of nitrogens with zero attached hydrogens (tertiary/aromatic N) is 1. The molecule has 0 bridgehead atoms. The summed E-state index contributed by atoms with van der Waals surface area (Å²) in [5.41, 5.74) is 6.95. The Labute approximate surface area is 121 Å². The molecule has 1 amide bonds. The van der Waals surface area contributed by atoms with E-state index in [0.29, 0.717) is 30.8 Å². The Hall–Kier alpha value is -2.50. The average Bonchev–Trinajstić information content (AvgIpc) is 3.11. The van der Waals surface area contributed by atoms with Crippen LogP contribution in [-0.4, -0.2) is 37.0 Å². The number of carbonyl (C=O) groups excluding carboxylic acids is 2. The van der Waals surface area contributed by atoms with Crippen LogP contribution < -0.4 is 5.73 Å². The Morgan fingerprint density at radius 3 is 2.95 bits per heavy atom. The number of nitrogens with two attached hydrogens (primary N) is 1. The topological polar surface area (TPSA) is 85.8 Å². The molecular formula is C15H16N2O4. The highest BCUT2D eigenvalue weighted by atomic mass is 16.5. The SMILES string of the molecule is COC(=O)C1CCN(C(=O)c2cc3cc(N)ccc3o2)C1. The quantitative estimate of drug-likeness (QED) is 0.670. The van der Waals surface area contributed by atoms with E-state index in [2.05, 4.69) is 0 Å². The number of rotatable bonds is 2. The Kier molecular flexibility index (Phi) is 3.29. The Bertz CT molecular complexity index is 707. The van der Waals surface area contributed by atoms with Gasteiger partial charge in [-0.05, 0) is 30.7 Å². The van der Waals surface area contributed by atoms with Gasteiger partial charge in [-0.2, -0.15) is 0 Å². The van der Waals surface area contributed by atoms with Crippen LogP contribution in [0.5, 0.6) is 0 Å². The van der Waals surface area contributed by atoms with Gasteiger partial charge in [0, 0.05) is 24.2 Å². The number of hydrogen-bond acceptors (Lipinski definition) is 5. The van der Waals surface area contributed by atoms with Gasteiger partial charge in [-0.25, -0.2) is 0 Å². The number of benzene rings is 1. The van der Waals surface area contributed by atoms with Crippen LogP contribution in [0.3, 0.4) is 0 Å². The van der Waals surface area contributed by atoms with E-state index < -0.39 is 0 Å². The van der Waals surface area contributed by atoms with Crippen molar-refractivity contribution in [2.75, 3.05) is 25.9 Å². The number of fused-ring (bicyclic) bond motifs is 1. The number of methoxy groups -OCH3 is 1. The molecule has 2 N–H and O–H groups in total. The molecule has 1 aromatic carbocycles. The maximum absolute atomic E-state index is 12.4. The van der Waals surface area contributed by atoms with Crippen molar-refractivity contribution in [3.8, 4) is 0 Å². The average molecular weight is 288 g/mol. The van der Waals surface area contributed by atoms with Crippen LogP contribution in [0.15, 0.2) is 28.7 Å². The van der Waals surface area contributed by atoms with Gasteiger partial charge in [-0.1, -0.05) is 0 Å². The fourth-order valence-corrected chi connectivity index (χ4v) is 2.63. The van der Waals surface area contributed by atoms with Gasteiger partial charge in [-0.3, -0.25) is 9.59 Å². The third-order valence-electron chi connectivity index (χ3n) is 3.76. The van der Waals surface area contributed by atoms with Crippen LogP contribution in [0.2, 0.25) is 0 Å². The van der Waals surface area contributed by atoms with Crippen molar-refractivity contribution in [3.63, 3.8) is 0 Å². The minimum Gasteiger partial charge on any atom is -0.469 e. The highest BCUT2D eigenvalue weighted by Crippen LogP contribution is 2.25. The van der Waals surface area contributed by atoms with E-state index in [1.807, 2.05) is 0 Å². The number of amides is 1. The van der Waals surface area contributed by atoms with Gasteiger partial charge in [0.15, 0.2) is 5.76 Å². The van der Waals surface area contributed by atoms with Crippen molar-refractivity contribution in [2.24, 2.45) is 5.92 Å². The van der Waals surface area contributed by atoms with E-state index in [1.54, 1.807) is 29.2 Å². The molecule has 2 heterocycles. The molecule has 1 unspecified atom stereocenters. The van der Waals surface area contributed by atoms with Crippen LogP contribution in [-0.2, 0) is 9.53 Å². The monoisotopic (exact) mass is 288 g/mol. The molecule has 6 nitrogen and oxygen atoms in total. The van der Waals surface area contributed by atoms with E-state index in [0.717, 1.165) is 5.39 Å². The number of anilines is 1. The number of ether oxygens (including phenoxy) is 1. The summed E-state index contributed by atoms with van der Waals surface area (Å²) in [6.07, 6.45) is 0.617. The lowest BCUT2D eigenvalue weighted by molar-refractivity contribution is -0.144. The molecule has 1 saturated heterocycles. The molecule has 1 aliphatic heterocycles. The summed E-state index contributed by atoms with van der Waals surface area (Å²) in [7, 11) is 1.36. The van der Waals surface area contributed by atoms with Crippen LogP contribution in [0.1, 0.15) is 17.0 Å². The molecule has 6 heteroatoms. The molecule has 0 aliphatic carbocycles. The summed E-state index contributed by atoms with van der Waals surface area (Å²) in [4.78, 5) is 25.5. The summed E-state index contributed by atoms with van der Waals surface area (Å²) in [6, 6.07) is 6.91. The molecule has 21 heavy (non-hydrogen) atoms. The van der Waals surface area contributed by atoms with Gasteiger partial charge in [0.25, 0.3) is 5.91 Å². The molecule has 0 spiro atoms. The summed E-state index contributed by atoms with van der Waals surface area (Å²) in [5, 5.41) is 0.794.